The summed E-state index contributed by atoms with van der Waals surface area (Å²) >= 11 is 0. The maximum atomic E-state index is 12.3. The minimum Gasteiger partial charge on any atom is -0.481 e. The number of aliphatic carboxylic acids is 1. The second-order valence-corrected chi connectivity index (χ2v) is 6.25. The number of nitrogens with one attached hydrogen (secondary N) is 1. The van der Waals surface area contributed by atoms with Gasteiger partial charge in [-0.2, -0.15) is 0 Å². The highest BCUT2D eigenvalue weighted by molar-refractivity contribution is 5.74. The zero-order chi connectivity index (χ0) is 15.8. The first-order chi connectivity index (χ1) is 9.95. The molecule has 0 aromatic heterocycles. The van der Waals surface area contributed by atoms with Gasteiger partial charge in [0.05, 0.1) is 5.92 Å². The van der Waals surface area contributed by atoms with E-state index in [1.54, 1.807) is 6.92 Å². The van der Waals surface area contributed by atoms with E-state index >= 15 is 0 Å². The van der Waals surface area contributed by atoms with Gasteiger partial charge in [-0.1, -0.05) is 26.2 Å². The van der Waals surface area contributed by atoms with E-state index in [1.807, 2.05) is 18.7 Å². The minimum absolute atomic E-state index is 0.0307. The second kappa shape index (κ2) is 8.90. The number of amides is 2. The quantitative estimate of drug-likeness (QED) is 0.722. The van der Waals surface area contributed by atoms with Crippen molar-refractivity contribution in [3.05, 3.63) is 0 Å². The first-order valence-corrected chi connectivity index (χ1v) is 8.25. The average molecular weight is 298 g/mol. The molecule has 2 atom stereocenters. The number of rotatable bonds is 8. The van der Waals surface area contributed by atoms with Gasteiger partial charge in [0.2, 0.25) is 0 Å². The van der Waals surface area contributed by atoms with Gasteiger partial charge in [0.25, 0.3) is 0 Å². The molecule has 1 fully saturated rings. The van der Waals surface area contributed by atoms with E-state index in [-0.39, 0.29) is 18.0 Å². The Bertz CT molecular complexity index is 340. The molecule has 0 saturated heterocycles. The van der Waals surface area contributed by atoms with Crippen molar-refractivity contribution in [1.29, 1.82) is 0 Å². The fourth-order valence-electron chi connectivity index (χ4n) is 3.00. The van der Waals surface area contributed by atoms with Crippen molar-refractivity contribution in [2.75, 3.05) is 6.54 Å². The Labute approximate surface area is 128 Å². The molecule has 0 spiro atoms. The molecule has 2 amide bonds. The number of carboxylic acid groups (broad SMARTS) is 1. The van der Waals surface area contributed by atoms with Crippen molar-refractivity contribution in [3.63, 3.8) is 0 Å². The molecule has 2 unspecified atom stereocenters. The molecule has 2 N–H and O–H groups in total. The Hall–Kier alpha value is -1.26. The fraction of sp³-hybridized carbons (Fsp3) is 0.875. The van der Waals surface area contributed by atoms with Crippen LogP contribution in [0.2, 0.25) is 0 Å². The van der Waals surface area contributed by atoms with Crippen LogP contribution in [0.25, 0.3) is 0 Å². The molecule has 1 saturated carbocycles. The molecule has 0 aliphatic heterocycles. The van der Waals surface area contributed by atoms with Crippen LogP contribution in [-0.4, -0.2) is 40.6 Å². The van der Waals surface area contributed by atoms with Crippen molar-refractivity contribution in [2.24, 2.45) is 5.92 Å². The van der Waals surface area contributed by atoms with Gasteiger partial charge < -0.3 is 15.3 Å². The van der Waals surface area contributed by atoms with Gasteiger partial charge in [-0.25, -0.2) is 4.79 Å². The van der Waals surface area contributed by atoms with Gasteiger partial charge in [-0.3, -0.25) is 4.79 Å². The van der Waals surface area contributed by atoms with E-state index in [0.717, 1.165) is 32.2 Å². The molecule has 0 heterocycles. The van der Waals surface area contributed by atoms with E-state index in [4.69, 9.17) is 5.11 Å². The van der Waals surface area contributed by atoms with Crippen molar-refractivity contribution in [3.8, 4) is 0 Å². The minimum atomic E-state index is -0.745. The van der Waals surface area contributed by atoms with Gasteiger partial charge in [0.1, 0.15) is 0 Å². The second-order valence-electron chi connectivity index (χ2n) is 6.25. The molecule has 1 aliphatic carbocycles. The standard InChI is InChI=1S/C16H30N2O3/c1-4-18(14-10-5-6-11-14)16(21)17-13(3)9-7-8-12(2)15(19)20/h12-14H,4-11H2,1-3H3,(H,17,21)(H,19,20). The molecule has 122 valence electrons. The van der Waals surface area contributed by atoms with Crippen LogP contribution in [0.3, 0.4) is 0 Å². The molecule has 0 aromatic rings. The average Bonchev–Trinajstić information content (AvgIpc) is 2.93. The Morgan fingerprint density at radius 1 is 1.24 bits per heavy atom. The van der Waals surface area contributed by atoms with Gasteiger partial charge in [0, 0.05) is 18.6 Å². The molecular formula is C16H30N2O3. The number of carbonyl (C=O) groups excluding carboxylic acids is 1. The topological polar surface area (TPSA) is 69.6 Å². The van der Waals surface area contributed by atoms with Gasteiger partial charge >= 0.3 is 12.0 Å². The number of hydrogen-bond donors (Lipinski definition) is 2. The molecule has 5 nitrogen and oxygen atoms in total. The third-order valence-electron chi connectivity index (χ3n) is 4.43. The Morgan fingerprint density at radius 3 is 2.38 bits per heavy atom. The molecular weight excluding hydrogens is 268 g/mol. The van der Waals surface area contributed by atoms with Crippen molar-refractivity contribution < 1.29 is 14.7 Å². The molecule has 1 rings (SSSR count). The highest BCUT2D eigenvalue weighted by atomic mass is 16.4. The van der Waals surface area contributed by atoms with E-state index in [9.17, 15) is 9.59 Å². The number of hydrogen-bond acceptors (Lipinski definition) is 2. The predicted molar refractivity (Wildman–Crippen MR) is 83.3 cm³/mol. The lowest BCUT2D eigenvalue weighted by molar-refractivity contribution is -0.141. The largest absolute Gasteiger partial charge is 0.481 e. The smallest absolute Gasteiger partial charge is 0.317 e. The van der Waals surface area contributed by atoms with Crippen LogP contribution in [0.1, 0.15) is 65.7 Å². The number of carboxylic acids is 1. The number of carbonyl (C=O) groups is 2. The lowest BCUT2D eigenvalue weighted by Gasteiger charge is -2.29. The van der Waals surface area contributed by atoms with Crippen molar-refractivity contribution >= 4 is 12.0 Å². The van der Waals surface area contributed by atoms with Crippen LogP contribution >= 0.6 is 0 Å². The van der Waals surface area contributed by atoms with Gasteiger partial charge in [-0.05, 0) is 39.5 Å². The summed E-state index contributed by atoms with van der Waals surface area (Å²) in [4.78, 5) is 25.0. The summed E-state index contributed by atoms with van der Waals surface area (Å²) in [6.45, 7) is 6.49. The van der Waals surface area contributed by atoms with E-state index in [1.165, 1.54) is 12.8 Å². The molecule has 0 aromatic carbocycles. The predicted octanol–water partition coefficient (Wildman–Crippen LogP) is 3.24. The van der Waals surface area contributed by atoms with Crippen molar-refractivity contribution in [1.82, 2.24) is 10.2 Å². The Balaban J connectivity index is 2.30. The molecule has 21 heavy (non-hydrogen) atoms. The normalized spacial score (nSPS) is 18.2. The van der Waals surface area contributed by atoms with E-state index in [0.29, 0.717) is 12.5 Å². The molecule has 0 bridgehead atoms. The Kier molecular flexibility index (Phi) is 7.54. The summed E-state index contributed by atoms with van der Waals surface area (Å²) < 4.78 is 0. The molecule has 1 aliphatic rings. The SMILES string of the molecule is CCN(C(=O)NC(C)CCCC(C)C(=O)O)C1CCCC1. The zero-order valence-corrected chi connectivity index (χ0v) is 13.6. The first kappa shape index (κ1) is 17.8. The monoisotopic (exact) mass is 298 g/mol. The maximum Gasteiger partial charge on any atom is 0.317 e. The third-order valence-corrected chi connectivity index (χ3v) is 4.43. The summed E-state index contributed by atoms with van der Waals surface area (Å²) in [6, 6.07) is 0.520. The van der Waals surface area contributed by atoms with E-state index in [2.05, 4.69) is 5.32 Å². The lowest BCUT2D eigenvalue weighted by atomic mass is 10.0. The van der Waals surface area contributed by atoms with Gasteiger partial charge in [-0.15, -0.1) is 0 Å². The van der Waals surface area contributed by atoms with E-state index < -0.39 is 5.97 Å². The molecule has 0 radical (unpaired) electrons. The number of nitrogens with zero attached hydrogens (tertiary/aromatic N) is 1. The summed E-state index contributed by atoms with van der Waals surface area (Å²) in [5.74, 6) is -1.05. The summed E-state index contributed by atoms with van der Waals surface area (Å²) in [5, 5.41) is 11.9. The maximum absolute atomic E-state index is 12.3. The van der Waals surface area contributed by atoms with Crippen LogP contribution in [0.15, 0.2) is 0 Å². The van der Waals surface area contributed by atoms with Gasteiger partial charge in [0.15, 0.2) is 0 Å². The first-order valence-electron chi connectivity index (χ1n) is 8.25. The Morgan fingerprint density at radius 2 is 1.86 bits per heavy atom. The summed E-state index contributed by atoms with van der Waals surface area (Å²) in [5.41, 5.74) is 0. The van der Waals surface area contributed by atoms with Crippen LogP contribution in [0.4, 0.5) is 4.79 Å². The third kappa shape index (κ3) is 5.94. The van der Waals surface area contributed by atoms with Crippen LogP contribution in [0, 0.1) is 5.92 Å². The zero-order valence-electron chi connectivity index (χ0n) is 13.6. The number of urea groups is 1. The summed E-state index contributed by atoms with van der Waals surface area (Å²) in [7, 11) is 0. The van der Waals surface area contributed by atoms with Crippen LogP contribution in [0.5, 0.6) is 0 Å². The molecule has 5 heteroatoms. The fourth-order valence-corrected chi connectivity index (χ4v) is 3.00. The summed E-state index contributed by atoms with van der Waals surface area (Å²) in [6.07, 6.45) is 6.98. The highest BCUT2D eigenvalue weighted by Crippen LogP contribution is 2.23. The van der Waals surface area contributed by atoms with Crippen LogP contribution in [-0.2, 0) is 4.79 Å². The van der Waals surface area contributed by atoms with Crippen molar-refractivity contribution in [2.45, 2.75) is 77.8 Å². The highest BCUT2D eigenvalue weighted by Gasteiger charge is 2.25. The lowest BCUT2D eigenvalue weighted by Crippen LogP contribution is -2.47. The van der Waals surface area contributed by atoms with Crippen LogP contribution < -0.4 is 5.32 Å².